The van der Waals surface area contributed by atoms with E-state index in [1.807, 2.05) is 29.2 Å². The third-order valence-corrected chi connectivity index (χ3v) is 5.20. The van der Waals surface area contributed by atoms with Crippen LogP contribution < -0.4 is 15.0 Å². The Labute approximate surface area is 161 Å². The van der Waals surface area contributed by atoms with Gasteiger partial charge in [-0.1, -0.05) is 12.1 Å². The van der Waals surface area contributed by atoms with E-state index in [4.69, 9.17) is 4.74 Å². The maximum Gasteiger partial charge on any atom is 0.271 e. The zero-order valence-corrected chi connectivity index (χ0v) is 15.5. The quantitative estimate of drug-likeness (QED) is 0.704. The van der Waals surface area contributed by atoms with E-state index in [9.17, 15) is 13.6 Å². The van der Waals surface area contributed by atoms with E-state index >= 15 is 0 Å². The predicted molar refractivity (Wildman–Crippen MR) is 104 cm³/mol. The molecule has 28 heavy (non-hydrogen) atoms. The average molecular weight is 385 g/mol. The van der Waals surface area contributed by atoms with Crippen LogP contribution in [0.4, 0.5) is 14.5 Å². The number of nitrogens with zero attached hydrogens (tertiary/aromatic N) is 1. The number of ether oxygens (including phenoxy) is 1. The summed E-state index contributed by atoms with van der Waals surface area (Å²) in [6.45, 7) is 1.91. The summed E-state index contributed by atoms with van der Waals surface area (Å²) in [5.41, 5.74) is 1.90. The van der Waals surface area contributed by atoms with Crippen LogP contribution in [0.5, 0.6) is 5.75 Å². The average Bonchev–Trinajstić information content (AvgIpc) is 3.32. The Balaban J connectivity index is 1.40. The lowest BCUT2D eigenvalue weighted by Gasteiger charge is -2.19. The van der Waals surface area contributed by atoms with Gasteiger partial charge in [-0.2, -0.15) is 0 Å². The van der Waals surface area contributed by atoms with Gasteiger partial charge in [-0.3, -0.25) is 4.79 Å². The lowest BCUT2D eigenvalue weighted by Crippen LogP contribution is -2.31. The number of amides is 1. The van der Waals surface area contributed by atoms with Gasteiger partial charge < -0.3 is 19.9 Å². The summed E-state index contributed by atoms with van der Waals surface area (Å²) in [4.78, 5) is 17.8. The van der Waals surface area contributed by atoms with Crippen LogP contribution in [-0.2, 0) is 0 Å². The SMILES string of the molecule is COc1c(C(=O)NCC2CCN(c3ccc(F)c(F)c3)C2)[nH]c2ccccc12. The number of halogens is 2. The Bertz CT molecular complexity index is 1020. The number of hydrogen-bond acceptors (Lipinski definition) is 3. The van der Waals surface area contributed by atoms with Crippen LogP contribution in [-0.4, -0.2) is 37.6 Å². The maximum atomic E-state index is 13.5. The summed E-state index contributed by atoms with van der Waals surface area (Å²) in [7, 11) is 1.54. The number of carbonyl (C=O) groups excluding carboxylic acids is 1. The Morgan fingerprint density at radius 3 is 2.86 bits per heavy atom. The van der Waals surface area contributed by atoms with Crippen molar-refractivity contribution in [2.45, 2.75) is 6.42 Å². The van der Waals surface area contributed by atoms with E-state index in [0.29, 0.717) is 30.2 Å². The number of para-hydroxylation sites is 1. The number of H-pyrrole nitrogens is 1. The highest BCUT2D eigenvalue weighted by Gasteiger charge is 2.25. The highest BCUT2D eigenvalue weighted by atomic mass is 19.2. The summed E-state index contributed by atoms with van der Waals surface area (Å²) in [5.74, 6) is -1.16. The molecule has 0 aliphatic carbocycles. The molecule has 2 N–H and O–H groups in total. The topological polar surface area (TPSA) is 57.4 Å². The number of benzene rings is 2. The first kappa shape index (κ1) is 18.3. The van der Waals surface area contributed by atoms with Gasteiger partial charge in [-0.15, -0.1) is 0 Å². The van der Waals surface area contributed by atoms with Gasteiger partial charge in [-0.25, -0.2) is 8.78 Å². The van der Waals surface area contributed by atoms with Crippen LogP contribution in [0.2, 0.25) is 0 Å². The Kier molecular flexibility index (Phi) is 4.90. The molecule has 2 heterocycles. The normalized spacial score (nSPS) is 16.5. The lowest BCUT2D eigenvalue weighted by atomic mass is 10.1. The molecule has 0 spiro atoms. The number of anilines is 1. The second-order valence-corrected chi connectivity index (χ2v) is 6.99. The van der Waals surface area contributed by atoms with Crippen LogP contribution in [0, 0.1) is 17.6 Å². The van der Waals surface area contributed by atoms with Crippen molar-refractivity contribution < 1.29 is 18.3 Å². The standard InChI is InChI=1S/C21H21F2N3O2/c1-28-20-15-4-2-3-5-18(15)25-19(20)21(27)24-11-13-8-9-26(12-13)14-6-7-16(22)17(23)10-14/h2-7,10,13,25H,8-9,11-12H2,1H3,(H,24,27). The highest BCUT2D eigenvalue weighted by Crippen LogP contribution is 2.30. The minimum Gasteiger partial charge on any atom is -0.494 e. The van der Waals surface area contributed by atoms with Crippen LogP contribution in [0.1, 0.15) is 16.9 Å². The van der Waals surface area contributed by atoms with Crippen molar-refractivity contribution >= 4 is 22.5 Å². The molecule has 146 valence electrons. The minimum atomic E-state index is -0.848. The third kappa shape index (κ3) is 3.40. The van der Waals surface area contributed by atoms with Crippen molar-refractivity contribution in [2.24, 2.45) is 5.92 Å². The third-order valence-electron chi connectivity index (χ3n) is 5.20. The number of aromatic amines is 1. The zero-order valence-electron chi connectivity index (χ0n) is 15.5. The summed E-state index contributed by atoms with van der Waals surface area (Å²) in [5, 5.41) is 3.82. The van der Waals surface area contributed by atoms with Gasteiger partial charge in [0.2, 0.25) is 0 Å². The van der Waals surface area contributed by atoms with Crippen LogP contribution in [0.15, 0.2) is 42.5 Å². The number of methoxy groups -OCH3 is 1. The number of carbonyl (C=O) groups is 1. The monoisotopic (exact) mass is 385 g/mol. The second-order valence-electron chi connectivity index (χ2n) is 6.99. The number of hydrogen-bond donors (Lipinski definition) is 2. The van der Waals surface area contributed by atoms with Gasteiger partial charge in [0.25, 0.3) is 5.91 Å². The molecule has 1 fully saturated rings. The molecule has 0 bridgehead atoms. The molecule has 1 unspecified atom stereocenters. The minimum absolute atomic E-state index is 0.223. The molecule has 0 saturated carbocycles. The van der Waals surface area contributed by atoms with Crippen molar-refractivity contribution in [1.29, 1.82) is 0 Å². The first-order chi connectivity index (χ1) is 13.6. The molecule has 1 saturated heterocycles. The first-order valence-electron chi connectivity index (χ1n) is 9.19. The molecule has 1 aliphatic rings. The summed E-state index contributed by atoms with van der Waals surface area (Å²) >= 11 is 0. The van der Waals surface area contributed by atoms with Crippen molar-refractivity contribution in [1.82, 2.24) is 10.3 Å². The molecule has 1 atom stereocenters. The van der Waals surface area contributed by atoms with E-state index in [1.165, 1.54) is 6.07 Å². The number of fused-ring (bicyclic) bond motifs is 1. The van der Waals surface area contributed by atoms with Gasteiger partial charge in [0.15, 0.2) is 17.4 Å². The Morgan fingerprint density at radius 2 is 2.07 bits per heavy atom. The van der Waals surface area contributed by atoms with E-state index < -0.39 is 11.6 Å². The molecule has 1 aliphatic heterocycles. The van der Waals surface area contributed by atoms with E-state index in [0.717, 1.165) is 29.9 Å². The Hall–Kier alpha value is -3.09. The lowest BCUT2D eigenvalue weighted by molar-refractivity contribution is 0.0941. The fourth-order valence-electron chi connectivity index (χ4n) is 3.73. The smallest absolute Gasteiger partial charge is 0.271 e. The molecule has 0 radical (unpaired) electrons. The van der Waals surface area contributed by atoms with Crippen molar-refractivity contribution in [3.8, 4) is 5.75 Å². The molecule has 3 aromatic rings. The highest BCUT2D eigenvalue weighted by molar-refractivity contribution is 6.03. The van der Waals surface area contributed by atoms with Crippen LogP contribution in [0.25, 0.3) is 10.9 Å². The van der Waals surface area contributed by atoms with E-state index in [1.54, 1.807) is 13.2 Å². The van der Waals surface area contributed by atoms with Gasteiger partial charge in [0, 0.05) is 42.3 Å². The molecule has 1 amide bonds. The van der Waals surface area contributed by atoms with Gasteiger partial charge >= 0.3 is 0 Å². The summed E-state index contributed by atoms with van der Waals surface area (Å²) < 4.78 is 32.0. The summed E-state index contributed by atoms with van der Waals surface area (Å²) in [6.07, 6.45) is 0.864. The van der Waals surface area contributed by atoms with Crippen molar-refractivity contribution in [3.05, 3.63) is 59.8 Å². The maximum absolute atomic E-state index is 13.5. The van der Waals surface area contributed by atoms with Gasteiger partial charge in [0.05, 0.1) is 7.11 Å². The molecule has 5 nitrogen and oxygen atoms in total. The molecule has 4 rings (SSSR count). The summed E-state index contributed by atoms with van der Waals surface area (Å²) in [6, 6.07) is 11.5. The molecule has 1 aromatic heterocycles. The molecular formula is C21H21F2N3O2. The molecular weight excluding hydrogens is 364 g/mol. The zero-order chi connectivity index (χ0) is 19.7. The number of aromatic nitrogens is 1. The van der Waals surface area contributed by atoms with E-state index in [2.05, 4.69) is 10.3 Å². The molecule has 7 heteroatoms. The van der Waals surface area contributed by atoms with Gasteiger partial charge in [0.1, 0.15) is 5.69 Å². The van der Waals surface area contributed by atoms with E-state index in [-0.39, 0.29) is 11.8 Å². The number of nitrogens with one attached hydrogen (secondary N) is 2. The van der Waals surface area contributed by atoms with Crippen molar-refractivity contribution in [2.75, 3.05) is 31.6 Å². The first-order valence-corrected chi connectivity index (χ1v) is 9.19. The van der Waals surface area contributed by atoms with Crippen LogP contribution in [0.3, 0.4) is 0 Å². The van der Waals surface area contributed by atoms with Gasteiger partial charge in [-0.05, 0) is 36.6 Å². The predicted octanol–water partition coefficient (Wildman–Crippen LogP) is 3.71. The fourth-order valence-corrected chi connectivity index (χ4v) is 3.73. The number of rotatable bonds is 5. The largest absolute Gasteiger partial charge is 0.494 e. The Morgan fingerprint density at radius 1 is 1.25 bits per heavy atom. The molecule has 2 aromatic carbocycles. The van der Waals surface area contributed by atoms with Crippen LogP contribution >= 0.6 is 0 Å². The fraction of sp³-hybridized carbons (Fsp3) is 0.286. The second kappa shape index (κ2) is 7.50. The van der Waals surface area contributed by atoms with Crippen molar-refractivity contribution in [3.63, 3.8) is 0 Å².